The van der Waals surface area contributed by atoms with Gasteiger partial charge in [-0.2, -0.15) is 0 Å². The number of carbonyl (C=O) groups excluding carboxylic acids is 1. The fourth-order valence-corrected chi connectivity index (χ4v) is 2.45. The van der Waals surface area contributed by atoms with Crippen molar-refractivity contribution in [1.29, 1.82) is 0 Å². The highest BCUT2D eigenvalue weighted by atomic mass is 79.9. The maximum Gasteiger partial charge on any atom is 0.229 e. The molecular formula is C12H11BrN2OS. The third kappa shape index (κ3) is 3.31. The van der Waals surface area contributed by atoms with Crippen molar-refractivity contribution < 1.29 is 4.79 Å². The van der Waals surface area contributed by atoms with Crippen molar-refractivity contribution in [2.45, 2.75) is 6.42 Å². The molecule has 1 aromatic carbocycles. The molecule has 0 unspecified atom stereocenters. The predicted octanol–water partition coefficient (Wildman–Crippen LogP) is 3.27. The summed E-state index contributed by atoms with van der Waals surface area (Å²) >= 11 is 4.94. The van der Waals surface area contributed by atoms with E-state index in [1.54, 1.807) is 23.5 Å². The topological polar surface area (TPSA) is 55.1 Å². The number of hydrogen-bond donors (Lipinski definition) is 2. The zero-order chi connectivity index (χ0) is 12.3. The molecule has 5 heteroatoms. The van der Waals surface area contributed by atoms with Crippen LogP contribution in [0.25, 0.3) is 0 Å². The second-order valence-corrected chi connectivity index (χ2v) is 5.43. The number of anilines is 2. The van der Waals surface area contributed by atoms with Gasteiger partial charge >= 0.3 is 0 Å². The molecule has 0 spiro atoms. The van der Waals surface area contributed by atoms with Crippen LogP contribution in [0.5, 0.6) is 0 Å². The highest BCUT2D eigenvalue weighted by Crippen LogP contribution is 2.24. The van der Waals surface area contributed by atoms with E-state index in [2.05, 4.69) is 21.2 Å². The Morgan fingerprint density at radius 1 is 1.41 bits per heavy atom. The fraction of sp³-hybridized carbons (Fsp3) is 0.0833. The Morgan fingerprint density at radius 2 is 2.24 bits per heavy atom. The third-order valence-electron chi connectivity index (χ3n) is 2.18. The van der Waals surface area contributed by atoms with Gasteiger partial charge in [0.1, 0.15) is 0 Å². The number of carbonyl (C=O) groups is 1. The SMILES string of the molecule is Nc1ccc(Br)c(NC(=O)Cc2cccs2)c1. The Balaban J connectivity index is 2.05. The predicted molar refractivity (Wildman–Crippen MR) is 75.2 cm³/mol. The van der Waals surface area contributed by atoms with Gasteiger partial charge in [-0.3, -0.25) is 4.79 Å². The maximum absolute atomic E-state index is 11.8. The van der Waals surface area contributed by atoms with Gasteiger partial charge in [0.2, 0.25) is 5.91 Å². The molecule has 3 nitrogen and oxygen atoms in total. The minimum Gasteiger partial charge on any atom is -0.399 e. The lowest BCUT2D eigenvalue weighted by Gasteiger charge is -2.07. The quantitative estimate of drug-likeness (QED) is 0.855. The van der Waals surface area contributed by atoms with E-state index in [1.165, 1.54) is 0 Å². The van der Waals surface area contributed by atoms with E-state index in [0.717, 1.165) is 9.35 Å². The summed E-state index contributed by atoms with van der Waals surface area (Å²) in [5.74, 6) is -0.0428. The number of amides is 1. The number of benzene rings is 1. The number of nitrogen functional groups attached to an aromatic ring is 1. The summed E-state index contributed by atoms with van der Waals surface area (Å²) in [6.45, 7) is 0. The highest BCUT2D eigenvalue weighted by molar-refractivity contribution is 9.10. The van der Waals surface area contributed by atoms with E-state index in [-0.39, 0.29) is 5.91 Å². The average molecular weight is 311 g/mol. The van der Waals surface area contributed by atoms with Gasteiger partial charge in [-0.1, -0.05) is 6.07 Å². The van der Waals surface area contributed by atoms with Crippen LogP contribution in [0.3, 0.4) is 0 Å². The van der Waals surface area contributed by atoms with E-state index >= 15 is 0 Å². The third-order valence-corrected chi connectivity index (χ3v) is 3.75. The molecule has 0 aliphatic carbocycles. The zero-order valence-electron chi connectivity index (χ0n) is 8.94. The van der Waals surface area contributed by atoms with Gasteiger partial charge in [0.15, 0.2) is 0 Å². The average Bonchev–Trinajstić information content (AvgIpc) is 2.76. The van der Waals surface area contributed by atoms with Gasteiger partial charge in [-0.05, 0) is 45.6 Å². The van der Waals surface area contributed by atoms with Crippen LogP contribution in [0, 0.1) is 0 Å². The Bertz CT molecular complexity index is 525. The molecule has 0 radical (unpaired) electrons. The molecule has 0 fully saturated rings. The molecule has 2 rings (SSSR count). The molecule has 2 aromatic rings. The molecule has 88 valence electrons. The van der Waals surface area contributed by atoms with Crippen molar-refractivity contribution in [2.24, 2.45) is 0 Å². The Labute approximate surface area is 112 Å². The van der Waals surface area contributed by atoms with Crippen LogP contribution in [0.1, 0.15) is 4.88 Å². The van der Waals surface area contributed by atoms with Gasteiger partial charge in [-0.15, -0.1) is 11.3 Å². The lowest BCUT2D eigenvalue weighted by molar-refractivity contribution is -0.115. The Morgan fingerprint density at radius 3 is 2.94 bits per heavy atom. The molecule has 0 aliphatic rings. The summed E-state index contributed by atoms with van der Waals surface area (Å²) in [7, 11) is 0. The van der Waals surface area contributed by atoms with Crippen LogP contribution in [0.4, 0.5) is 11.4 Å². The van der Waals surface area contributed by atoms with Gasteiger partial charge in [0.05, 0.1) is 12.1 Å². The van der Waals surface area contributed by atoms with Crippen molar-refractivity contribution in [3.8, 4) is 0 Å². The normalized spacial score (nSPS) is 10.2. The summed E-state index contributed by atoms with van der Waals surface area (Å²) < 4.78 is 0.825. The summed E-state index contributed by atoms with van der Waals surface area (Å²) in [4.78, 5) is 12.8. The Hall–Kier alpha value is -1.33. The van der Waals surface area contributed by atoms with E-state index in [1.807, 2.05) is 23.6 Å². The zero-order valence-corrected chi connectivity index (χ0v) is 11.3. The number of rotatable bonds is 3. The monoisotopic (exact) mass is 310 g/mol. The van der Waals surface area contributed by atoms with Crippen molar-refractivity contribution >= 4 is 44.5 Å². The number of halogens is 1. The van der Waals surface area contributed by atoms with E-state index in [0.29, 0.717) is 17.8 Å². The smallest absolute Gasteiger partial charge is 0.229 e. The molecule has 1 heterocycles. The van der Waals surface area contributed by atoms with Crippen LogP contribution in [0.2, 0.25) is 0 Å². The standard InChI is InChI=1S/C12H11BrN2OS/c13-10-4-3-8(14)6-11(10)15-12(16)7-9-2-1-5-17-9/h1-6H,7,14H2,(H,15,16). The van der Waals surface area contributed by atoms with Crippen molar-refractivity contribution in [2.75, 3.05) is 11.1 Å². The molecular weight excluding hydrogens is 300 g/mol. The number of nitrogens with one attached hydrogen (secondary N) is 1. The second kappa shape index (κ2) is 5.33. The molecule has 0 bridgehead atoms. The number of hydrogen-bond acceptors (Lipinski definition) is 3. The number of thiophene rings is 1. The number of nitrogens with two attached hydrogens (primary N) is 1. The van der Waals surface area contributed by atoms with Crippen LogP contribution in [-0.2, 0) is 11.2 Å². The summed E-state index contributed by atoms with van der Waals surface area (Å²) in [6, 6.07) is 9.20. The van der Waals surface area contributed by atoms with Crippen LogP contribution in [0.15, 0.2) is 40.2 Å². The van der Waals surface area contributed by atoms with Crippen molar-refractivity contribution in [3.05, 3.63) is 45.1 Å². The molecule has 3 N–H and O–H groups in total. The first-order valence-corrected chi connectivity index (χ1v) is 6.69. The summed E-state index contributed by atoms with van der Waals surface area (Å²) in [5, 5.41) is 4.79. The molecule has 0 saturated heterocycles. The molecule has 1 aromatic heterocycles. The van der Waals surface area contributed by atoms with Crippen LogP contribution in [-0.4, -0.2) is 5.91 Å². The largest absolute Gasteiger partial charge is 0.399 e. The molecule has 0 saturated carbocycles. The lowest BCUT2D eigenvalue weighted by Crippen LogP contribution is -2.14. The highest BCUT2D eigenvalue weighted by Gasteiger charge is 2.07. The minimum atomic E-state index is -0.0428. The molecule has 17 heavy (non-hydrogen) atoms. The Kier molecular flexibility index (Phi) is 3.81. The van der Waals surface area contributed by atoms with E-state index in [9.17, 15) is 4.79 Å². The van der Waals surface area contributed by atoms with Gasteiger partial charge < -0.3 is 11.1 Å². The fourth-order valence-electron chi connectivity index (χ4n) is 1.40. The first kappa shape index (κ1) is 12.1. The minimum absolute atomic E-state index is 0.0428. The first-order valence-electron chi connectivity index (χ1n) is 5.02. The van der Waals surface area contributed by atoms with Gasteiger partial charge in [-0.25, -0.2) is 0 Å². The van der Waals surface area contributed by atoms with Crippen molar-refractivity contribution in [3.63, 3.8) is 0 Å². The van der Waals surface area contributed by atoms with Gasteiger partial charge in [0, 0.05) is 15.0 Å². The van der Waals surface area contributed by atoms with E-state index < -0.39 is 0 Å². The second-order valence-electron chi connectivity index (χ2n) is 3.54. The molecule has 0 atom stereocenters. The summed E-state index contributed by atoms with van der Waals surface area (Å²) in [5.41, 5.74) is 6.99. The summed E-state index contributed by atoms with van der Waals surface area (Å²) in [6.07, 6.45) is 0.388. The van der Waals surface area contributed by atoms with Crippen LogP contribution >= 0.6 is 27.3 Å². The van der Waals surface area contributed by atoms with Crippen molar-refractivity contribution in [1.82, 2.24) is 0 Å². The van der Waals surface area contributed by atoms with E-state index in [4.69, 9.17) is 5.73 Å². The van der Waals surface area contributed by atoms with Gasteiger partial charge in [0.25, 0.3) is 0 Å². The van der Waals surface area contributed by atoms with Crippen LogP contribution < -0.4 is 11.1 Å². The molecule has 0 aliphatic heterocycles. The maximum atomic E-state index is 11.8. The molecule has 1 amide bonds. The lowest BCUT2D eigenvalue weighted by atomic mass is 10.2. The first-order chi connectivity index (χ1) is 8.15.